The fraction of sp³-hybridized carbons (Fsp3) is 0.333. The van der Waals surface area contributed by atoms with Crippen molar-refractivity contribution in [2.24, 2.45) is 0 Å². The lowest BCUT2D eigenvalue weighted by molar-refractivity contribution is 0.0928. The molecule has 6 heteroatoms. The molecule has 2 heterocycles. The van der Waals surface area contributed by atoms with Crippen LogP contribution in [0.2, 0.25) is 0 Å². The predicted molar refractivity (Wildman–Crippen MR) is 98.7 cm³/mol. The molecule has 0 saturated heterocycles. The highest BCUT2D eigenvalue weighted by molar-refractivity contribution is 7.15. The van der Waals surface area contributed by atoms with Crippen LogP contribution in [0.1, 0.15) is 23.0 Å². The molecule has 1 aromatic carbocycles. The third kappa shape index (κ3) is 3.34. The van der Waals surface area contributed by atoms with Gasteiger partial charge in [0.15, 0.2) is 4.96 Å². The number of imidazole rings is 1. The zero-order chi connectivity index (χ0) is 17.3. The second-order valence-electron chi connectivity index (χ2n) is 6.35. The zero-order valence-corrected chi connectivity index (χ0v) is 15.2. The number of thiazole rings is 1. The zero-order valence-electron chi connectivity index (χ0n) is 14.4. The number of nitrogens with one attached hydrogen (secondary N) is 1. The molecular formula is C18H22N4OS. The molecule has 0 aliphatic heterocycles. The van der Waals surface area contributed by atoms with Crippen LogP contribution in [0.3, 0.4) is 0 Å². The summed E-state index contributed by atoms with van der Waals surface area (Å²) in [7, 11) is 3.99. The second-order valence-corrected chi connectivity index (χ2v) is 7.19. The van der Waals surface area contributed by atoms with E-state index in [-0.39, 0.29) is 11.9 Å². The van der Waals surface area contributed by atoms with Crippen molar-refractivity contribution in [2.75, 3.05) is 20.6 Å². The number of rotatable bonds is 5. The Bertz CT molecular complexity index is 865. The quantitative estimate of drug-likeness (QED) is 0.775. The van der Waals surface area contributed by atoms with Crippen LogP contribution in [0.4, 0.5) is 0 Å². The molecule has 1 N–H and O–H groups in total. The van der Waals surface area contributed by atoms with Gasteiger partial charge in [-0.25, -0.2) is 4.98 Å². The highest BCUT2D eigenvalue weighted by atomic mass is 32.1. The number of hydrogen-bond donors (Lipinski definition) is 1. The van der Waals surface area contributed by atoms with E-state index in [9.17, 15) is 4.79 Å². The van der Waals surface area contributed by atoms with Crippen molar-refractivity contribution in [3.63, 3.8) is 0 Å². The Kier molecular flexibility index (Phi) is 4.69. The third-order valence-electron chi connectivity index (χ3n) is 3.88. The Labute approximate surface area is 145 Å². The minimum absolute atomic E-state index is 0.0654. The standard InChI is InChI=1S/C18H22N4OS/c1-12-7-5-6-8-14(12)15-10-22-16(11-24-18(22)20-15)17(23)19-13(2)9-21(3)4/h5-8,10-11,13H,9H2,1-4H3,(H,19,23)/t13-/m1/s1. The summed E-state index contributed by atoms with van der Waals surface area (Å²) in [5.74, 6) is -0.0654. The first kappa shape index (κ1) is 16.7. The molecule has 3 aromatic rings. The number of carbonyl (C=O) groups excluding carboxylic acids is 1. The van der Waals surface area contributed by atoms with E-state index < -0.39 is 0 Å². The molecule has 1 atom stereocenters. The average Bonchev–Trinajstić information content (AvgIpc) is 3.06. The van der Waals surface area contributed by atoms with E-state index in [0.29, 0.717) is 5.69 Å². The van der Waals surface area contributed by atoms with E-state index in [0.717, 1.165) is 22.8 Å². The third-order valence-corrected chi connectivity index (χ3v) is 4.72. The van der Waals surface area contributed by atoms with Gasteiger partial charge in [0.05, 0.1) is 5.69 Å². The molecule has 0 fully saturated rings. The van der Waals surface area contributed by atoms with Crippen LogP contribution < -0.4 is 5.32 Å². The number of aromatic nitrogens is 2. The lowest BCUT2D eigenvalue weighted by Gasteiger charge is -2.17. The van der Waals surface area contributed by atoms with Crippen molar-refractivity contribution in [1.82, 2.24) is 19.6 Å². The van der Waals surface area contributed by atoms with Crippen molar-refractivity contribution in [3.05, 3.63) is 47.1 Å². The smallest absolute Gasteiger partial charge is 0.269 e. The van der Waals surface area contributed by atoms with Gasteiger partial charge in [0.2, 0.25) is 0 Å². The number of fused-ring (bicyclic) bond motifs is 1. The molecule has 0 bridgehead atoms. The first-order valence-corrected chi connectivity index (χ1v) is 8.82. The van der Waals surface area contributed by atoms with Crippen molar-refractivity contribution in [1.29, 1.82) is 0 Å². The molecule has 0 aliphatic carbocycles. The predicted octanol–water partition coefficient (Wildman–Crippen LogP) is 3.05. The fourth-order valence-corrected chi connectivity index (χ4v) is 3.68. The van der Waals surface area contributed by atoms with Crippen LogP contribution in [0.15, 0.2) is 35.8 Å². The van der Waals surface area contributed by atoms with E-state index in [1.165, 1.54) is 16.9 Å². The number of likely N-dealkylation sites (N-methyl/N-ethyl adjacent to an activating group) is 1. The first-order chi connectivity index (χ1) is 11.5. The summed E-state index contributed by atoms with van der Waals surface area (Å²) in [6, 6.07) is 8.23. The van der Waals surface area contributed by atoms with Crippen LogP contribution in [-0.4, -0.2) is 46.9 Å². The van der Waals surface area contributed by atoms with Gasteiger partial charge in [-0.15, -0.1) is 11.3 Å². The molecule has 0 saturated carbocycles. The topological polar surface area (TPSA) is 49.6 Å². The van der Waals surface area contributed by atoms with Crippen molar-refractivity contribution in [3.8, 4) is 11.3 Å². The van der Waals surface area contributed by atoms with Crippen LogP contribution >= 0.6 is 11.3 Å². The molecule has 3 rings (SSSR count). The number of nitrogens with zero attached hydrogens (tertiary/aromatic N) is 3. The normalized spacial score (nSPS) is 12.7. The van der Waals surface area contributed by atoms with Gasteiger partial charge >= 0.3 is 0 Å². The van der Waals surface area contributed by atoms with Gasteiger partial charge in [0.1, 0.15) is 5.69 Å². The summed E-state index contributed by atoms with van der Waals surface area (Å²) in [5.41, 5.74) is 3.80. The molecular weight excluding hydrogens is 320 g/mol. The van der Waals surface area contributed by atoms with E-state index in [4.69, 9.17) is 0 Å². The van der Waals surface area contributed by atoms with Crippen LogP contribution in [0.5, 0.6) is 0 Å². The minimum atomic E-state index is -0.0654. The molecule has 24 heavy (non-hydrogen) atoms. The maximum Gasteiger partial charge on any atom is 0.269 e. The van der Waals surface area contributed by atoms with E-state index >= 15 is 0 Å². The Hall–Kier alpha value is -2.18. The highest BCUT2D eigenvalue weighted by Crippen LogP contribution is 2.25. The summed E-state index contributed by atoms with van der Waals surface area (Å²) < 4.78 is 1.88. The monoisotopic (exact) mass is 342 g/mol. The SMILES string of the molecule is Cc1ccccc1-c1cn2c(C(=O)N[C@H](C)CN(C)C)csc2n1. The minimum Gasteiger partial charge on any atom is -0.347 e. The van der Waals surface area contributed by atoms with Crippen LogP contribution in [0.25, 0.3) is 16.2 Å². The van der Waals surface area contributed by atoms with Crippen molar-refractivity contribution in [2.45, 2.75) is 19.9 Å². The summed E-state index contributed by atoms with van der Waals surface area (Å²) >= 11 is 1.49. The highest BCUT2D eigenvalue weighted by Gasteiger charge is 2.17. The summed E-state index contributed by atoms with van der Waals surface area (Å²) in [6.45, 7) is 4.88. The Morgan fingerprint density at radius 2 is 2.12 bits per heavy atom. The fourth-order valence-electron chi connectivity index (χ4n) is 2.83. The second kappa shape index (κ2) is 6.75. The van der Waals surface area contributed by atoms with Crippen LogP contribution in [0, 0.1) is 6.92 Å². The van der Waals surface area contributed by atoms with Crippen LogP contribution in [-0.2, 0) is 0 Å². The van der Waals surface area contributed by atoms with E-state index in [1.54, 1.807) is 0 Å². The first-order valence-electron chi connectivity index (χ1n) is 7.94. The number of carbonyl (C=O) groups is 1. The summed E-state index contributed by atoms with van der Waals surface area (Å²) in [5, 5.41) is 4.91. The molecule has 0 unspecified atom stereocenters. The van der Waals surface area contributed by atoms with Gasteiger partial charge in [-0.3, -0.25) is 9.20 Å². The molecule has 2 aromatic heterocycles. The molecule has 0 aliphatic rings. The maximum absolute atomic E-state index is 12.6. The molecule has 0 spiro atoms. The maximum atomic E-state index is 12.6. The van der Waals surface area contributed by atoms with Crippen molar-refractivity contribution < 1.29 is 4.79 Å². The summed E-state index contributed by atoms with van der Waals surface area (Å²) in [6.07, 6.45) is 1.94. The molecule has 5 nitrogen and oxygen atoms in total. The number of amides is 1. The molecule has 126 valence electrons. The van der Waals surface area contributed by atoms with Gasteiger partial charge in [-0.2, -0.15) is 0 Å². The van der Waals surface area contributed by atoms with E-state index in [1.807, 2.05) is 49.1 Å². The van der Waals surface area contributed by atoms with Gasteiger partial charge in [0.25, 0.3) is 5.91 Å². The van der Waals surface area contributed by atoms with Gasteiger partial charge in [-0.1, -0.05) is 24.3 Å². The molecule has 0 radical (unpaired) electrons. The van der Waals surface area contributed by atoms with E-state index in [2.05, 4.69) is 34.3 Å². The summed E-state index contributed by atoms with van der Waals surface area (Å²) in [4.78, 5) is 20.1. The lowest BCUT2D eigenvalue weighted by atomic mass is 10.1. The van der Waals surface area contributed by atoms with Gasteiger partial charge in [-0.05, 0) is 33.5 Å². The lowest BCUT2D eigenvalue weighted by Crippen LogP contribution is -2.39. The Balaban J connectivity index is 1.88. The van der Waals surface area contributed by atoms with Gasteiger partial charge < -0.3 is 10.2 Å². The van der Waals surface area contributed by atoms with Crippen molar-refractivity contribution >= 4 is 22.2 Å². The molecule has 1 amide bonds. The average molecular weight is 342 g/mol. The Morgan fingerprint density at radius 1 is 1.38 bits per heavy atom. The number of hydrogen-bond acceptors (Lipinski definition) is 4. The van der Waals surface area contributed by atoms with Gasteiger partial charge in [0, 0.05) is 29.7 Å². The largest absolute Gasteiger partial charge is 0.347 e. The Morgan fingerprint density at radius 3 is 2.83 bits per heavy atom. The number of aryl methyl sites for hydroxylation is 1. The number of benzene rings is 1.